The number of carbonyl (C=O) groups excluding carboxylic acids is 1. The van der Waals surface area contributed by atoms with Crippen molar-refractivity contribution in [3.05, 3.63) is 35.4 Å². The SMILES string of the molecule is O=C1CN(C(=O)O)Cc2ccccc21. The highest BCUT2D eigenvalue weighted by atomic mass is 16.4. The molecule has 4 heteroatoms. The normalized spacial score (nSPS) is 15.1. The number of carboxylic acid groups (broad SMARTS) is 1. The maximum absolute atomic E-state index is 11.5. The van der Waals surface area contributed by atoms with Crippen LogP contribution in [0.4, 0.5) is 4.79 Å². The van der Waals surface area contributed by atoms with Gasteiger partial charge in [0.1, 0.15) is 0 Å². The lowest BCUT2D eigenvalue weighted by Crippen LogP contribution is -2.38. The molecule has 1 aliphatic heterocycles. The van der Waals surface area contributed by atoms with Crippen LogP contribution in [0, 0.1) is 0 Å². The van der Waals surface area contributed by atoms with Crippen molar-refractivity contribution in [1.29, 1.82) is 0 Å². The number of hydrogen-bond acceptors (Lipinski definition) is 2. The first-order valence-electron chi connectivity index (χ1n) is 4.27. The number of benzene rings is 1. The van der Waals surface area contributed by atoms with Crippen LogP contribution in [0.25, 0.3) is 0 Å². The molecule has 72 valence electrons. The molecule has 1 aromatic carbocycles. The molecule has 1 aliphatic rings. The van der Waals surface area contributed by atoms with Gasteiger partial charge in [-0.3, -0.25) is 9.69 Å². The monoisotopic (exact) mass is 191 g/mol. The van der Waals surface area contributed by atoms with Gasteiger partial charge in [0, 0.05) is 5.56 Å². The number of ketones is 1. The Morgan fingerprint density at radius 1 is 1.29 bits per heavy atom. The molecule has 0 aliphatic carbocycles. The third-order valence-electron chi connectivity index (χ3n) is 2.28. The number of Topliss-reactive ketones (excluding diaryl/α,β-unsaturated/α-hetero) is 1. The number of nitrogens with zero attached hydrogens (tertiary/aromatic N) is 1. The summed E-state index contributed by atoms with van der Waals surface area (Å²) in [6, 6.07) is 7.10. The fourth-order valence-electron chi connectivity index (χ4n) is 1.59. The topological polar surface area (TPSA) is 57.6 Å². The van der Waals surface area contributed by atoms with E-state index in [1.54, 1.807) is 24.3 Å². The van der Waals surface area contributed by atoms with Gasteiger partial charge in [0.05, 0.1) is 13.1 Å². The van der Waals surface area contributed by atoms with Crippen LogP contribution in [0.5, 0.6) is 0 Å². The molecular formula is C10H9NO3. The molecule has 0 fully saturated rings. The largest absolute Gasteiger partial charge is 0.465 e. The number of amides is 1. The molecule has 0 saturated carbocycles. The Morgan fingerprint density at radius 3 is 2.71 bits per heavy atom. The molecule has 14 heavy (non-hydrogen) atoms. The lowest BCUT2D eigenvalue weighted by atomic mass is 9.99. The molecule has 0 saturated heterocycles. The summed E-state index contributed by atoms with van der Waals surface area (Å²) >= 11 is 0. The van der Waals surface area contributed by atoms with Gasteiger partial charge in [0.2, 0.25) is 0 Å². The van der Waals surface area contributed by atoms with E-state index in [1.165, 1.54) is 0 Å². The van der Waals surface area contributed by atoms with Crippen molar-refractivity contribution < 1.29 is 14.7 Å². The first-order chi connectivity index (χ1) is 6.68. The summed E-state index contributed by atoms with van der Waals surface area (Å²) in [5.74, 6) is -0.130. The molecule has 0 radical (unpaired) electrons. The van der Waals surface area contributed by atoms with Crippen molar-refractivity contribution in [1.82, 2.24) is 4.90 Å². The molecule has 0 bridgehead atoms. The summed E-state index contributed by atoms with van der Waals surface area (Å²) in [7, 11) is 0. The summed E-state index contributed by atoms with van der Waals surface area (Å²) in [4.78, 5) is 23.3. The van der Waals surface area contributed by atoms with Crippen LogP contribution in [-0.2, 0) is 6.54 Å². The minimum atomic E-state index is -1.05. The minimum Gasteiger partial charge on any atom is -0.465 e. The predicted octanol–water partition coefficient (Wildman–Crippen LogP) is 1.36. The van der Waals surface area contributed by atoms with Crippen LogP contribution in [-0.4, -0.2) is 28.4 Å². The van der Waals surface area contributed by atoms with E-state index in [9.17, 15) is 9.59 Å². The van der Waals surface area contributed by atoms with E-state index in [4.69, 9.17) is 5.11 Å². The van der Waals surface area contributed by atoms with Gasteiger partial charge in [-0.25, -0.2) is 4.79 Å². The van der Waals surface area contributed by atoms with E-state index < -0.39 is 6.09 Å². The molecular weight excluding hydrogens is 182 g/mol. The van der Waals surface area contributed by atoms with Gasteiger partial charge in [-0.05, 0) is 5.56 Å². The van der Waals surface area contributed by atoms with Gasteiger partial charge >= 0.3 is 6.09 Å². The zero-order valence-corrected chi connectivity index (χ0v) is 7.43. The molecule has 1 heterocycles. The lowest BCUT2D eigenvalue weighted by Gasteiger charge is -2.24. The quantitative estimate of drug-likeness (QED) is 0.673. The maximum atomic E-state index is 11.5. The van der Waals surface area contributed by atoms with Crippen molar-refractivity contribution in [3.63, 3.8) is 0 Å². The third kappa shape index (κ3) is 1.35. The maximum Gasteiger partial charge on any atom is 0.408 e. The number of rotatable bonds is 0. The minimum absolute atomic E-state index is 0.0354. The van der Waals surface area contributed by atoms with E-state index in [-0.39, 0.29) is 12.3 Å². The average Bonchev–Trinajstić information content (AvgIpc) is 2.17. The van der Waals surface area contributed by atoms with E-state index in [0.29, 0.717) is 12.1 Å². The number of fused-ring (bicyclic) bond motifs is 1. The smallest absolute Gasteiger partial charge is 0.408 e. The fourth-order valence-corrected chi connectivity index (χ4v) is 1.59. The Kier molecular flexibility index (Phi) is 1.96. The van der Waals surface area contributed by atoms with Gasteiger partial charge in [-0.15, -0.1) is 0 Å². The molecule has 1 amide bonds. The molecule has 0 spiro atoms. The summed E-state index contributed by atoms with van der Waals surface area (Å²) in [5.41, 5.74) is 1.43. The first-order valence-corrected chi connectivity index (χ1v) is 4.27. The van der Waals surface area contributed by atoms with Crippen molar-refractivity contribution in [2.75, 3.05) is 6.54 Å². The van der Waals surface area contributed by atoms with Crippen LogP contribution in [0.3, 0.4) is 0 Å². The summed E-state index contributed by atoms with van der Waals surface area (Å²) in [5, 5.41) is 8.76. The van der Waals surface area contributed by atoms with Crippen molar-refractivity contribution in [3.8, 4) is 0 Å². The summed E-state index contributed by atoms with van der Waals surface area (Å²) < 4.78 is 0. The molecule has 1 aromatic rings. The Hall–Kier alpha value is -1.84. The Balaban J connectivity index is 2.38. The van der Waals surface area contributed by atoms with Gasteiger partial charge in [-0.1, -0.05) is 24.3 Å². The number of hydrogen-bond donors (Lipinski definition) is 1. The molecule has 4 nitrogen and oxygen atoms in total. The van der Waals surface area contributed by atoms with Crippen molar-refractivity contribution >= 4 is 11.9 Å². The second-order valence-corrected chi connectivity index (χ2v) is 3.22. The molecule has 0 atom stereocenters. The highest BCUT2D eigenvalue weighted by molar-refractivity contribution is 6.01. The second-order valence-electron chi connectivity index (χ2n) is 3.22. The van der Waals surface area contributed by atoms with E-state index in [0.717, 1.165) is 10.5 Å². The average molecular weight is 191 g/mol. The van der Waals surface area contributed by atoms with Crippen molar-refractivity contribution in [2.24, 2.45) is 0 Å². The molecule has 1 N–H and O–H groups in total. The highest BCUT2D eigenvalue weighted by Crippen LogP contribution is 2.18. The van der Waals surface area contributed by atoms with Gasteiger partial charge in [0.25, 0.3) is 0 Å². The van der Waals surface area contributed by atoms with Gasteiger partial charge < -0.3 is 5.11 Å². The van der Waals surface area contributed by atoms with Crippen LogP contribution < -0.4 is 0 Å². The van der Waals surface area contributed by atoms with Crippen LogP contribution >= 0.6 is 0 Å². The van der Waals surface area contributed by atoms with E-state index in [2.05, 4.69) is 0 Å². The fraction of sp³-hybridized carbons (Fsp3) is 0.200. The molecule has 2 rings (SSSR count). The van der Waals surface area contributed by atoms with Gasteiger partial charge in [-0.2, -0.15) is 0 Å². The molecule has 0 unspecified atom stereocenters. The Labute approximate surface area is 80.8 Å². The van der Waals surface area contributed by atoms with E-state index in [1.807, 2.05) is 0 Å². The Morgan fingerprint density at radius 2 is 2.00 bits per heavy atom. The van der Waals surface area contributed by atoms with Crippen LogP contribution in [0.1, 0.15) is 15.9 Å². The van der Waals surface area contributed by atoms with Crippen LogP contribution in [0.15, 0.2) is 24.3 Å². The van der Waals surface area contributed by atoms with E-state index >= 15 is 0 Å². The first kappa shape index (κ1) is 8.74. The van der Waals surface area contributed by atoms with Crippen LogP contribution in [0.2, 0.25) is 0 Å². The Bertz CT molecular complexity index is 400. The summed E-state index contributed by atoms with van der Waals surface area (Å²) in [6.45, 7) is 0.267. The zero-order valence-electron chi connectivity index (χ0n) is 7.43. The predicted molar refractivity (Wildman–Crippen MR) is 49.2 cm³/mol. The lowest BCUT2D eigenvalue weighted by molar-refractivity contribution is 0.0874. The second kappa shape index (κ2) is 3.14. The van der Waals surface area contributed by atoms with Gasteiger partial charge in [0.15, 0.2) is 5.78 Å². The highest BCUT2D eigenvalue weighted by Gasteiger charge is 2.25. The summed E-state index contributed by atoms with van der Waals surface area (Å²) in [6.07, 6.45) is -1.05. The number of carbonyl (C=O) groups is 2. The van der Waals surface area contributed by atoms with Crippen molar-refractivity contribution in [2.45, 2.75) is 6.54 Å². The zero-order chi connectivity index (χ0) is 10.1. The third-order valence-corrected chi connectivity index (χ3v) is 2.28. The standard InChI is InChI=1S/C10H9NO3/c12-9-6-11(10(13)14)5-7-3-1-2-4-8(7)9/h1-4H,5-6H2,(H,13,14). The molecule has 0 aromatic heterocycles.